The fourth-order valence-corrected chi connectivity index (χ4v) is 3.16. The number of carbonyl (C=O) groups excluding carboxylic acids is 2. The molecule has 0 spiro atoms. The van der Waals surface area contributed by atoms with Crippen molar-refractivity contribution in [3.63, 3.8) is 0 Å². The summed E-state index contributed by atoms with van der Waals surface area (Å²) in [5.74, 6) is 0.877. The lowest BCUT2D eigenvalue weighted by atomic mass is 9.87. The molecule has 1 aliphatic rings. The summed E-state index contributed by atoms with van der Waals surface area (Å²) >= 11 is 0. The molecule has 0 radical (unpaired) electrons. The molecule has 1 aliphatic carbocycles. The lowest BCUT2D eigenvalue weighted by molar-refractivity contribution is -0.121. The highest BCUT2D eigenvalue weighted by Gasteiger charge is 2.28. The van der Waals surface area contributed by atoms with Crippen molar-refractivity contribution in [2.75, 3.05) is 13.2 Å². The molecule has 0 saturated heterocycles. The fourth-order valence-electron chi connectivity index (χ4n) is 3.16. The molecule has 0 heterocycles. The van der Waals surface area contributed by atoms with Gasteiger partial charge in [0.1, 0.15) is 0 Å². The van der Waals surface area contributed by atoms with E-state index in [9.17, 15) is 9.59 Å². The Labute approximate surface area is 146 Å². The largest absolute Gasteiger partial charge is 0.395 e. The zero-order valence-electron chi connectivity index (χ0n) is 15.0. The summed E-state index contributed by atoms with van der Waals surface area (Å²) in [6.07, 6.45) is 17.1. The first-order valence-electron chi connectivity index (χ1n) is 9.43. The predicted octanol–water partition coefficient (Wildman–Crippen LogP) is 3.55. The molecule has 0 aromatic carbocycles. The van der Waals surface area contributed by atoms with Crippen LogP contribution in [-0.4, -0.2) is 29.9 Å². The van der Waals surface area contributed by atoms with E-state index in [1.54, 1.807) is 6.08 Å². The highest BCUT2D eigenvalue weighted by atomic mass is 16.3. The average molecular weight is 335 g/mol. The topological polar surface area (TPSA) is 66.4 Å². The maximum Gasteiger partial charge on any atom is 0.220 e. The maximum absolute atomic E-state index is 11.9. The van der Waals surface area contributed by atoms with Crippen LogP contribution in [-0.2, 0) is 9.59 Å². The lowest BCUT2D eigenvalue weighted by Crippen LogP contribution is -2.25. The second kappa shape index (κ2) is 12.9. The van der Waals surface area contributed by atoms with Crippen molar-refractivity contribution in [2.45, 2.75) is 64.7 Å². The van der Waals surface area contributed by atoms with Gasteiger partial charge in [0.2, 0.25) is 5.91 Å². The van der Waals surface area contributed by atoms with Gasteiger partial charge in [-0.2, -0.15) is 0 Å². The van der Waals surface area contributed by atoms with Gasteiger partial charge in [0.25, 0.3) is 0 Å². The zero-order valence-corrected chi connectivity index (χ0v) is 15.0. The van der Waals surface area contributed by atoms with Crippen molar-refractivity contribution in [3.05, 3.63) is 24.3 Å². The number of amides is 1. The van der Waals surface area contributed by atoms with Crippen molar-refractivity contribution in [1.82, 2.24) is 5.32 Å². The fraction of sp³-hybridized carbons (Fsp3) is 0.700. The van der Waals surface area contributed by atoms with Gasteiger partial charge in [-0.1, -0.05) is 50.8 Å². The van der Waals surface area contributed by atoms with Crippen LogP contribution in [0.15, 0.2) is 24.3 Å². The van der Waals surface area contributed by atoms with E-state index in [4.69, 9.17) is 5.11 Å². The Bertz CT molecular complexity index is 429. The lowest BCUT2D eigenvalue weighted by Gasteiger charge is -2.16. The minimum absolute atomic E-state index is 0.000907. The third-order valence-corrected chi connectivity index (χ3v) is 4.56. The minimum atomic E-state index is -0.000907. The number of unbranched alkanes of at least 4 members (excludes halogenated alkanes) is 4. The first kappa shape index (κ1) is 20.6. The number of ketones is 1. The van der Waals surface area contributed by atoms with Crippen molar-refractivity contribution < 1.29 is 14.7 Å². The number of hydrogen-bond donors (Lipinski definition) is 2. The number of nitrogens with one attached hydrogen (secondary N) is 1. The van der Waals surface area contributed by atoms with Crippen LogP contribution in [0.4, 0.5) is 0 Å². The molecule has 0 bridgehead atoms. The van der Waals surface area contributed by atoms with Crippen molar-refractivity contribution >= 4 is 11.7 Å². The van der Waals surface area contributed by atoms with E-state index < -0.39 is 0 Å². The van der Waals surface area contributed by atoms with Crippen molar-refractivity contribution in [1.29, 1.82) is 0 Å². The molecule has 0 fully saturated rings. The summed E-state index contributed by atoms with van der Waals surface area (Å²) in [6, 6.07) is 0. The van der Waals surface area contributed by atoms with Gasteiger partial charge >= 0.3 is 0 Å². The van der Waals surface area contributed by atoms with Crippen LogP contribution in [0.25, 0.3) is 0 Å². The zero-order chi connectivity index (χ0) is 17.6. The molecule has 0 aromatic rings. The molecular weight excluding hydrogens is 302 g/mol. The highest BCUT2D eigenvalue weighted by molar-refractivity contribution is 5.94. The molecule has 2 unspecified atom stereocenters. The third-order valence-electron chi connectivity index (χ3n) is 4.56. The molecule has 4 heteroatoms. The Morgan fingerprint density at radius 3 is 2.71 bits per heavy atom. The highest BCUT2D eigenvalue weighted by Crippen LogP contribution is 2.30. The third kappa shape index (κ3) is 8.44. The number of rotatable bonds is 13. The first-order valence-corrected chi connectivity index (χ1v) is 9.43. The van der Waals surface area contributed by atoms with Crippen molar-refractivity contribution in [2.24, 2.45) is 11.8 Å². The van der Waals surface area contributed by atoms with Gasteiger partial charge in [0.15, 0.2) is 5.78 Å². The molecule has 2 N–H and O–H groups in total. The summed E-state index contributed by atoms with van der Waals surface area (Å²) in [6.45, 7) is 2.46. The molecule has 1 rings (SSSR count). The summed E-state index contributed by atoms with van der Waals surface area (Å²) in [5.41, 5.74) is 0. The van der Waals surface area contributed by atoms with Crippen LogP contribution in [0.2, 0.25) is 0 Å². The molecule has 24 heavy (non-hydrogen) atoms. The van der Waals surface area contributed by atoms with Gasteiger partial charge in [0.05, 0.1) is 6.61 Å². The van der Waals surface area contributed by atoms with E-state index in [0.717, 1.165) is 51.4 Å². The molecule has 1 amide bonds. The van der Waals surface area contributed by atoms with Crippen LogP contribution in [0.5, 0.6) is 0 Å². The SMILES string of the molecule is CC/C=C\CC1C(=O)C=CC1CCCCCCCC(=O)NCCO. The molecule has 2 atom stereocenters. The van der Waals surface area contributed by atoms with Crippen LogP contribution in [0, 0.1) is 11.8 Å². The molecular formula is C20H33NO3. The van der Waals surface area contributed by atoms with Gasteiger partial charge in [-0.25, -0.2) is 0 Å². The second-order valence-corrected chi connectivity index (χ2v) is 6.53. The monoisotopic (exact) mass is 335 g/mol. The summed E-state index contributed by atoms with van der Waals surface area (Å²) < 4.78 is 0. The Morgan fingerprint density at radius 2 is 1.96 bits per heavy atom. The first-order chi connectivity index (χ1) is 11.7. The van der Waals surface area contributed by atoms with E-state index in [1.165, 1.54) is 0 Å². The van der Waals surface area contributed by atoms with Gasteiger partial charge in [-0.05, 0) is 37.7 Å². The number of aliphatic hydroxyl groups excluding tert-OH is 1. The minimum Gasteiger partial charge on any atom is -0.395 e. The van der Waals surface area contributed by atoms with Crippen LogP contribution < -0.4 is 5.32 Å². The predicted molar refractivity (Wildman–Crippen MR) is 97.6 cm³/mol. The number of aliphatic hydroxyl groups is 1. The van der Waals surface area contributed by atoms with Crippen molar-refractivity contribution in [3.8, 4) is 0 Å². The van der Waals surface area contributed by atoms with Crippen LogP contribution >= 0.6 is 0 Å². The maximum atomic E-state index is 11.9. The van der Waals surface area contributed by atoms with Gasteiger partial charge in [-0.15, -0.1) is 0 Å². The van der Waals surface area contributed by atoms with Crippen LogP contribution in [0.3, 0.4) is 0 Å². The van der Waals surface area contributed by atoms with E-state index in [-0.39, 0.29) is 24.2 Å². The normalized spacial score (nSPS) is 20.2. The number of hydrogen-bond acceptors (Lipinski definition) is 3. The second-order valence-electron chi connectivity index (χ2n) is 6.53. The van der Waals surface area contributed by atoms with E-state index in [1.807, 2.05) is 0 Å². The standard InChI is InChI=1S/C20H33NO3/c1-2-3-7-11-18-17(13-14-19(18)23)10-8-5-4-6-9-12-20(24)21-15-16-22/h3,7,13-14,17-18,22H,2,4-6,8-12,15-16H2,1H3,(H,21,24)/b7-3-. The Morgan fingerprint density at radius 1 is 1.21 bits per heavy atom. The molecule has 0 aromatic heterocycles. The Kier molecular flexibility index (Phi) is 11.1. The van der Waals surface area contributed by atoms with Gasteiger partial charge < -0.3 is 10.4 Å². The molecule has 0 saturated carbocycles. The molecule has 4 nitrogen and oxygen atoms in total. The van der Waals surface area contributed by atoms with E-state index in [2.05, 4.69) is 30.5 Å². The summed E-state index contributed by atoms with van der Waals surface area (Å²) in [5, 5.41) is 11.3. The Hall–Kier alpha value is -1.42. The Balaban J connectivity index is 2.07. The van der Waals surface area contributed by atoms with E-state index in [0.29, 0.717) is 18.9 Å². The van der Waals surface area contributed by atoms with Crippen LogP contribution in [0.1, 0.15) is 64.7 Å². The molecule has 136 valence electrons. The number of allylic oxidation sites excluding steroid dienone is 4. The van der Waals surface area contributed by atoms with Gasteiger partial charge in [0, 0.05) is 18.9 Å². The quantitative estimate of drug-likeness (QED) is 0.399. The summed E-state index contributed by atoms with van der Waals surface area (Å²) in [4.78, 5) is 23.3. The molecule has 0 aliphatic heterocycles. The smallest absolute Gasteiger partial charge is 0.220 e. The summed E-state index contributed by atoms with van der Waals surface area (Å²) in [7, 11) is 0. The average Bonchev–Trinajstić information content (AvgIpc) is 2.92. The number of carbonyl (C=O) groups is 2. The van der Waals surface area contributed by atoms with Gasteiger partial charge in [-0.3, -0.25) is 9.59 Å². The van der Waals surface area contributed by atoms with E-state index >= 15 is 0 Å².